The first-order valence-corrected chi connectivity index (χ1v) is 6.53. The third-order valence-electron chi connectivity index (χ3n) is 3.03. The third kappa shape index (κ3) is 2.52. The van der Waals surface area contributed by atoms with E-state index in [1.54, 1.807) is 12.4 Å². The number of hydrogen-bond acceptors (Lipinski definition) is 3. The van der Waals surface area contributed by atoms with Crippen LogP contribution in [0.3, 0.4) is 0 Å². The van der Waals surface area contributed by atoms with Gasteiger partial charge in [0.05, 0.1) is 0 Å². The van der Waals surface area contributed by atoms with Crippen LogP contribution in [0.2, 0.25) is 0 Å². The summed E-state index contributed by atoms with van der Waals surface area (Å²) in [5, 5.41) is 0. The number of hydrogen-bond donors (Lipinski definition) is 0. The van der Waals surface area contributed by atoms with Crippen molar-refractivity contribution in [2.45, 2.75) is 6.92 Å². The number of aromatic nitrogens is 2. The maximum absolute atomic E-state index is 4.38. The Morgan fingerprint density at radius 2 is 1.45 bits per heavy atom. The first-order chi connectivity index (χ1) is 9.84. The van der Waals surface area contributed by atoms with Crippen LogP contribution in [0.25, 0.3) is 0 Å². The predicted molar refractivity (Wildman–Crippen MR) is 81.5 cm³/mol. The van der Waals surface area contributed by atoms with E-state index in [4.69, 9.17) is 0 Å². The van der Waals surface area contributed by atoms with Crippen molar-refractivity contribution < 1.29 is 0 Å². The van der Waals surface area contributed by atoms with Gasteiger partial charge < -0.3 is 0 Å². The number of nitrogens with zero attached hydrogens (tertiary/aromatic N) is 3. The molecule has 3 rings (SSSR count). The summed E-state index contributed by atoms with van der Waals surface area (Å²) >= 11 is 0. The fourth-order valence-corrected chi connectivity index (χ4v) is 2.13. The lowest BCUT2D eigenvalue weighted by atomic mass is 10.2. The summed E-state index contributed by atoms with van der Waals surface area (Å²) in [6.45, 7) is 2.08. The van der Waals surface area contributed by atoms with Gasteiger partial charge in [-0.05, 0) is 42.8 Å². The fraction of sp³-hybridized carbons (Fsp3) is 0.0588. The standard InChI is InChI=1S/C17H15N3/c1-14-7-5-10-16(13-14)20(15-8-3-2-4-9-15)17-18-11-6-12-19-17/h2-13H,1H3. The lowest BCUT2D eigenvalue weighted by Gasteiger charge is -2.23. The van der Waals surface area contributed by atoms with E-state index < -0.39 is 0 Å². The smallest absolute Gasteiger partial charge is 0.234 e. The van der Waals surface area contributed by atoms with Crippen LogP contribution in [0.15, 0.2) is 73.1 Å². The SMILES string of the molecule is Cc1cccc(N(c2ccccc2)c2ncccn2)c1. The molecule has 0 fully saturated rings. The molecule has 0 atom stereocenters. The number of aryl methyl sites for hydroxylation is 1. The summed E-state index contributed by atoms with van der Waals surface area (Å²) in [6.07, 6.45) is 3.52. The van der Waals surface area contributed by atoms with Crippen LogP contribution in [0.1, 0.15) is 5.56 Å². The van der Waals surface area contributed by atoms with Crippen molar-refractivity contribution in [2.75, 3.05) is 4.90 Å². The van der Waals surface area contributed by atoms with Gasteiger partial charge in [-0.3, -0.25) is 4.90 Å². The molecule has 2 aromatic carbocycles. The zero-order valence-corrected chi connectivity index (χ0v) is 11.3. The molecule has 0 N–H and O–H groups in total. The van der Waals surface area contributed by atoms with Gasteiger partial charge in [0.25, 0.3) is 0 Å². The Kier molecular flexibility index (Phi) is 3.42. The molecule has 0 unspecified atom stereocenters. The van der Waals surface area contributed by atoms with Gasteiger partial charge in [0, 0.05) is 23.8 Å². The van der Waals surface area contributed by atoms with E-state index in [9.17, 15) is 0 Å². The number of rotatable bonds is 3. The van der Waals surface area contributed by atoms with Crippen molar-refractivity contribution in [3.05, 3.63) is 78.6 Å². The monoisotopic (exact) mass is 261 g/mol. The number of para-hydroxylation sites is 1. The molecule has 1 aromatic heterocycles. The molecule has 0 spiro atoms. The Morgan fingerprint density at radius 3 is 2.15 bits per heavy atom. The molecule has 0 amide bonds. The molecule has 20 heavy (non-hydrogen) atoms. The maximum atomic E-state index is 4.38. The van der Waals surface area contributed by atoms with Gasteiger partial charge in [0.15, 0.2) is 0 Å². The molecule has 3 aromatic rings. The second-order valence-corrected chi connectivity index (χ2v) is 4.56. The largest absolute Gasteiger partial charge is 0.279 e. The van der Waals surface area contributed by atoms with E-state index in [2.05, 4.69) is 47.2 Å². The van der Waals surface area contributed by atoms with Crippen molar-refractivity contribution in [2.24, 2.45) is 0 Å². The average Bonchev–Trinajstić information content (AvgIpc) is 2.50. The van der Waals surface area contributed by atoms with Crippen molar-refractivity contribution in [3.8, 4) is 0 Å². The molecule has 0 aliphatic heterocycles. The van der Waals surface area contributed by atoms with E-state index in [1.165, 1.54) is 5.56 Å². The first kappa shape index (κ1) is 12.4. The molecule has 0 bridgehead atoms. The molecule has 0 saturated carbocycles. The number of anilines is 3. The molecular weight excluding hydrogens is 246 g/mol. The summed E-state index contributed by atoms with van der Waals surface area (Å²) in [7, 11) is 0. The lowest BCUT2D eigenvalue weighted by Crippen LogP contribution is -2.12. The van der Waals surface area contributed by atoms with Gasteiger partial charge in [-0.2, -0.15) is 0 Å². The Labute approximate surface area is 118 Å². The minimum atomic E-state index is 0.671. The third-order valence-corrected chi connectivity index (χ3v) is 3.03. The Hall–Kier alpha value is -2.68. The highest BCUT2D eigenvalue weighted by molar-refractivity contribution is 5.72. The zero-order valence-electron chi connectivity index (χ0n) is 11.3. The zero-order chi connectivity index (χ0) is 13.8. The topological polar surface area (TPSA) is 29.0 Å². The van der Waals surface area contributed by atoms with Crippen molar-refractivity contribution >= 4 is 17.3 Å². The second kappa shape index (κ2) is 5.53. The van der Waals surface area contributed by atoms with E-state index in [1.807, 2.05) is 35.2 Å². The summed E-state index contributed by atoms with van der Waals surface area (Å²) in [6, 6.07) is 20.3. The first-order valence-electron chi connectivity index (χ1n) is 6.53. The van der Waals surface area contributed by atoms with Crippen LogP contribution in [0, 0.1) is 6.92 Å². The minimum absolute atomic E-state index is 0.671. The molecule has 0 radical (unpaired) electrons. The molecule has 0 aliphatic rings. The Morgan fingerprint density at radius 1 is 0.750 bits per heavy atom. The fourth-order valence-electron chi connectivity index (χ4n) is 2.13. The maximum Gasteiger partial charge on any atom is 0.234 e. The highest BCUT2D eigenvalue weighted by Gasteiger charge is 2.13. The van der Waals surface area contributed by atoms with Crippen molar-refractivity contribution in [1.82, 2.24) is 9.97 Å². The van der Waals surface area contributed by atoms with Crippen LogP contribution >= 0.6 is 0 Å². The highest BCUT2D eigenvalue weighted by Crippen LogP contribution is 2.31. The van der Waals surface area contributed by atoms with Gasteiger partial charge in [-0.15, -0.1) is 0 Å². The number of benzene rings is 2. The van der Waals surface area contributed by atoms with Gasteiger partial charge in [-0.25, -0.2) is 9.97 Å². The molecule has 1 heterocycles. The van der Waals surface area contributed by atoms with E-state index >= 15 is 0 Å². The van der Waals surface area contributed by atoms with Crippen molar-refractivity contribution in [1.29, 1.82) is 0 Å². The molecule has 3 nitrogen and oxygen atoms in total. The summed E-state index contributed by atoms with van der Waals surface area (Å²) < 4.78 is 0. The van der Waals surface area contributed by atoms with Crippen LogP contribution in [0.5, 0.6) is 0 Å². The van der Waals surface area contributed by atoms with Crippen LogP contribution in [0.4, 0.5) is 17.3 Å². The predicted octanol–water partition coefficient (Wildman–Crippen LogP) is 4.25. The van der Waals surface area contributed by atoms with E-state index in [-0.39, 0.29) is 0 Å². The molecule has 0 saturated heterocycles. The summed E-state index contributed by atoms with van der Waals surface area (Å²) in [4.78, 5) is 10.8. The quantitative estimate of drug-likeness (QED) is 0.705. The molecule has 3 heteroatoms. The van der Waals surface area contributed by atoms with Crippen molar-refractivity contribution in [3.63, 3.8) is 0 Å². The minimum Gasteiger partial charge on any atom is -0.279 e. The molecule has 98 valence electrons. The van der Waals surface area contributed by atoms with Gasteiger partial charge in [0.1, 0.15) is 0 Å². The van der Waals surface area contributed by atoms with E-state index in [0.29, 0.717) is 5.95 Å². The Bertz CT molecular complexity index is 641. The lowest BCUT2D eigenvalue weighted by molar-refractivity contribution is 1.08. The molecular formula is C17H15N3. The highest BCUT2D eigenvalue weighted by atomic mass is 15.3. The van der Waals surface area contributed by atoms with Gasteiger partial charge in [-0.1, -0.05) is 30.3 Å². The normalized spacial score (nSPS) is 10.2. The summed E-state index contributed by atoms with van der Waals surface area (Å²) in [5.41, 5.74) is 3.31. The van der Waals surface area contributed by atoms with Crippen LogP contribution < -0.4 is 4.90 Å². The van der Waals surface area contributed by atoms with Crippen LogP contribution in [-0.2, 0) is 0 Å². The van der Waals surface area contributed by atoms with Gasteiger partial charge in [0.2, 0.25) is 5.95 Å². The second-order valence-electron chi connectivity index (χ2n) is 4.56. The average molecular weight is 261 g/mol. The van der Waals surface area contributed by atoms with Crippen LogP contribution in [-0.4, -0.2) is 9.97 Å². The van der Waals surface area contributed by atoms with Gasteiger partial charge >= 0.3 is 0 Å². The van der Waals surface area contributed by atoms with E-state index in [0.717, 1.165) is 11.4 Å². The summed E-state index contributed by atoms with van der Waals surface area (Å²) in [5.74, 6) is 0.671. The molecule has 0 aliphatic carbocycles. The Balaban J connectivity index is 2.14.